The van der Waals surface area contributed by atoms with Gasteiger partial charge in [-0.2, -0.15) is 4.98 Å². The van der Waals surface area contributed by atoms with Crippen molar-refractivity contribution in [3.05, 3.63) is 21.9 Å². The summed E-state index contributed by atoms with van der Waals surface area (Å²) in [7, 11) is 0. The number of nitrogens with one attached hydrogen (secondary N) is 1. The number of hydrogen-bond donors (Lipinski definition) is 3. The molecule has 3 aromatic rings. The zero-order valence-electron chi connectivity index (χ0n) is 8.16. The zero-order chi connectivity index (χ0) is 11.3. The first-order valence-electron chi connectivity index (χ1n) is 4.64. The van der Waals surface area contributed by atoms with Crippen LogP contribution in [0.5, 0.6) is 0 Å². The summed E-state index contributed by atoms with van der Waals surface area (Å²) in [4.78, 5) is 11.3. The third-order valence-electron chi connectivity index (χ3n) is 2.50. The van der Waals surface area contributed by atoms with Crippen LogP contribution in [0.3, 0.4) is 0 Å². The van der Waals surface area contributed by atoms with Gasteiger partial charge in [0.05, 0.1) is 11.0 Å². The van der Waals surface area contributed by atoms with E-state index in [1.807, 2.05) is 12.1 Å². The lowest BCUT2D eigenvalue weighted by Crippen LogP contribution is -2.01. The predicted octanol–water partition coefficient (Wildman–Crippen LogP) is 1.88. The minimum atomic E-state index is 0.319. The molecule has 0 saturated heterocycles. The molecule has 16 heavy (non-hydrogen) atoms. The van der Waals surface area contributed by atoms with Gasteiger partial charge in [-0.25, -0.2) is 0 Å². The standard InChI is InChI=1S/C10H8IN5/c11-5-3-6-7(4-1-2-14-8(4)5)9(12)16-10(13)15-6/h1-3H,12H2,(H3,13,15,16). The maximum absolute atomic E-state index is 5.89. The second-order valence-corrected chi connectivity index (χ2v) is 4.66. The highest BCUT2D eigenvalue weighted by Crippen LogP contribution is 2.31. The predicted molar refractivity (Wildman–Crippen MR) is 72.9 cm³/mol. The van der Waals surface area contributed by atoms with Crippen molar-refractivity contribution in [1.82, 2.24) is 15.0 Å². The Morgan fingerprint density at radius 1 is 1.31 bits per heavy atom. The van der Waals surface area contributed by atoms with Crippen LogP contribution < -0.4 is 11.5 Å². The van der Waals surface area contributed by atoms with Gasteiger partial charge in [-0.3, -0.25) is 4.98 Å². The summed E-state index contributed by atoms with van der Waals surface area (Å²) in [5, 5.41) is 1.88. The van der Waals surface area contributed by atoms with Gasteiger partial charge in [0.25, 0.3) is 0 Å². The van der Waals surface area contributed by atoms with Crippen LogP contribution in [0.1, 0.15) is 0 Å². The van der Waals surface area contributed by atoms with Crippen molar-refractivity contribution in [3.8, 4) is 0 Å². The molecule has 0 aliphatic rings. The number of aromatic amines is 1. The van der Waals surface area contributed by atoms with E-state index in [1.54, 1.807) is 6.20 Å². The number of anilines is 2. The number of nitrogens with zero attached hydrogens (tertiary/aromatic N) is 2. The summed E-state index contributed by atoms with van der Waals surface area (Å²) in [5.41, 5.74) is 13.3. The van der Waals surface area contributed by atoms with Gasteiger partial charge in [0.1, 0.15) is 5.82 Å². The smallest absolute Gasteiger partial charge is 0.199 e. The molecule has 0 radical (unpaired) electrons. The van der Waals surface area contributed by atoms with Gasteiger partial charge in [-0.15, -0.1) is 0 Å². The van der Waals surface area contributed by atoms with Gasteiger partial charge in [-0.05, 0) is 34.7 Å². The maximum Gasteiger partial charge on any atom is 0.199 e. The van der Waals surface area contributed by atoms with Crippen LogP contribution in [0.2, 0.25) is 0 Å². The fourth-order valence-electron chi connectivity index (χ4n) is 1.87. The maximum atomic E-state index is 5.89. The molecule has 0 aliphatic heterocycles. The van der Waals surface area contributed by atoms with Crippen molar-refractivity contribution >= 4 is 56.2 Å². The molecule has 3 rings (SSSR count). The van der Waals surface area contributed by atoms with Crippen LogP contribution in [-0.4, -0.2) is 15.0 Å². The molecule has 6 heteroatoms. The van der Waals surface area contributed by atoms with Crippen molar-refractivity contribution in [2.75, 3.05) is 11.5 Å². The van der Waals surface area contributed by atoms with Crippen LogP contribution in [0.4, 0.5) is 11.8 Å². The quantitative estimate of drug-likeness (QED) is 0.550. The van der Waals surface area contributed by atoms with Crippen molar-refractivity contribution in [2.45, 2.75) is 0 Å². The minimum absolute atomic E-state index is 0.319. The number of halogens is 1. The van der Waals surface area contributed by atoms with Crippen LogP contribution in [0.15, 0.2) is 18.3 Å². The number of nitrogen functional groups attached to an aromatic ring is 2. The van der Waals surface area contributed by atoms with E-state index < -0.39 is 0 Å². The summed E-state index contributed by atoms with van der Waals surface area (Å²) in [5.74, 6) is 0.750. The zero-order valence-corrected chi connectivity index (χ0v) is 10.3. The highest BCUT2D eigenvalue weighted by Gasteiger charge is 2.10. The Bertz CT molecular complexity index is 703. The van der Waals surface area contributed by atoms with Crippen LogP contribution in [0.25, 0.3) is 21.8 Å². The first-order chi connectivity index (χ1) is 7.66. The molecule has 0 saturated carbocycles. The van der Waals surface area contributed by atoms with Crippen molar-refractivity contribution in [2.24, 2.45) is 0 Å². The molecule has 2 aromatic heterocycles. The fourth-order valence-corrected chi connectivity index (χ4v) is 2.61. The van der Waals surface area contributed by atoms with Crippen LogP contribution in [0, 0.1) is 3.57 Å². The lowest BCUT2D eigenvalue weighted by molar-refractivity contribution is 1.25. The number of rotatable bonds is 0. The molecule has 5 N–H and O–H groups in total. The number of H-pyrrole nitrogens is 1. The van der Waals surface area contributed by atoms with E-state index in [0.717, 1.165) is 25.4 Å². The number of nitrogens with two attached hydrogens (primary N) is 2. The summed E-state index contributed by atoms with van der Waals surface area (Å²) in [6.07, 6.45) is 1.77. The van der Waals surface area contributed by atoms with E-state index in [2.05, 4.69) is 37.5 Å². The Labute approximate surface area is 104 Å². The van der Waals surface area contributed by atoms with Crippen molar-refractivity contribution in [3.63, 3.8) is 0 Å². The molecule has 0 fully saturated rings. The van der Waals surface area contributed by atoms with E-state index in [-0.39, 0.29) is 0 Å². The average molecular weight is 325 g/mol. The van der Waals surface area contributed by atoms with Gasteiger partial charge in [0.2, 0.25) is 0 Å². The molecular formula is C10H8IN5. The first kappa shape index (κ1) is 9.64. The van der Waals surface area contributed by atoms with Crippen molar-refractivity contribution in [1.29, 1.82) is 0 Å². The third kappa shape index (κ3) is 1.22. The number of aromatic nitrogens is 3. The Morgan fingerprint density at radius 3 is 2.94 bits per heavy atom. The van der Waals surface area contributed by atoms with Gasteiger partial charge in [0, 0.05) is 20.5 Å². The second kappa shape index (κ2) is 3.21. The van der Waals surface area contributed by atoms with Crippen molar-refractivity contribution < 1.29 is 0 Å². The highest BCUT2D eigenvalue weighted by molar-refractivity contribution is 14.1. The Hall–Kier alpha value is -1.57. The fraction of sp³-hybridized carbons (Fsp3) is 0. The van der Waals surface area contributed by atoms with Gasteiger partial charge >= 0.3 is 0 Å². The lowest BCUT2D eigenvalue weighted by Gasteiger charge is -2.06. The molecule has 1 aromatic carbocycles. The molecule has 0 atom stereocenters. The molecule has 80 valence electrons. The molecule has 0 spiro atoms. The van der Waals surface area contributed by atoms with E-state index in [4.69, 9.17) is 11.5 Å². The number of hydrogen-bond acceptors (Lipinski definition) is 4. The minimum Gasteiger partial charge on any atom is -0.383 e. The summed E-state index contributed by atoms with van der Waals surface area (Å²) >= 11 is 2.24. The van der Waals surface area contributed by atoms with Gasteiger partial charge < -0.3 is 16.5 Å². The SMILES string of the molecule is Nc1nc(N)c2c(cc(I)c3nccc32)[nH]1. The summed E-state index contributed by atoms with van der Waals surface area (Å²) in [6, 6.07) is 3.90. The normalized spacial score (nSPS) is 11.3. The van der Waals surface area contributed by atoms with Gasteiger partial charge in [0.15, 0.2) is 5.95 Å². The molecule has 2 heterocycles. The molecule has 5 nitrogen and oxygen atoms in total. The molecule has 0 amide bonds. The lowest BCUT2D eigenvalue weighted by atomic mass is 10.1. The Kier molecular flexibility index (Phi) is 1.93. The largest absolute Gasteiger partial charge is 0.383 e. The average Bonchev–Trinajstić information content (AvgIpc) is 2.65. The molecular weight excluding hydrogens is 317 g/mol. The molecule has 0 unspecified atom stereocenters. The van der Waals surface area contributed by atoms with E-state index >= 15 is 0 Å². The summed E-state index contributed by atoms with van der Waals surface area (Å²) in [6.45, 7) is 0. The van der Waals surface area contributed by atoms with E-state index in [0.29, 0.717) is 11.8 Å². The number of fused-ring (bicyclic) bond motifs is 3. The van der Waals surface area contributed by atoms with Crippen LogP contribution in [-0.2, 0) is 0 Å². The highest BCUT2D eigenvalue weighted by atomic mass is 127. The van der Waals surface area contributed by atoms with Gasteiger partial charge in [-0.1, -0.05) is 0 Å². The van der Waals surface area contributed by atoms with E-state index in [9.17, 15) is 0 Å². The second-order valence-electron chi connectivity index (χ2n) is 3.50. The summed E-state index contributed by atoms with van der Waals surface area (Å²) < 4.78 is 1.06. The topological polar surface area (TPSA) is 93.6 Å². The van der Waals surface area contributed by atoms with Crippen LogP contribution >= 0.6 is 22.6 Å². The molecule has 0 bridgehead atoms. The molecule has 0 aliphatic carbocycles. The first-order valence-corrected chi connectivity index (χ1v) is 5.72. The monoisotopic (exact) mass is 325 g/mol. The number of benzene rings is 1. The van der Waals surface area contributed by atoms with E-state index in [1.165, 1.54) is 0 Å². The Morgan fingerprint density at radius 2 is 2.12 bits per heavy atom. The Balaban J connectivity index is 2.64. The third-order valence-corrected chi connectivity index (χ3v) is 3.32.